The van der Waals surface area contributed by atoms with Gasteiger partial charge in [-0.05, 0) is 40.7 Å². The molecule has 2 heterocycles. The van der Waals surface area contributed by atoms with Crippen LogP contribution in [0.2, 0.25) is 5.15 Å². The minimum atomic E-state index is 0.472. The van der Waals surface area contributed by atoms with Gasteiger partial charge in [-0.15, -0.1) is 0 Å². The number of fused-ring (bicyclic) bond motifs is 1. The number of hydrogen-bond donors (Lipinski definition) is 0. The van der Waals surface area contributed by atoms with Gasteiger partial charge in [0, 0.05) is 7.05 Å². The fraction of sp³-hybridized carbons (Fsp3) is 0.615. The lowest BCUT2D eigenvalue weighted by Gasteiger charge is -2.17. The highest BCUT2D eigenvalue weighted by molar-refractivity contribution is 6.33. The van der Waals surface area contributed by atoms with Gasteiger partial charge in [-0.3, -0.25) is 9.58 Å². The lowest BCUT2D eigenvalue weighted by molar-refractivity contribution is 0.289. The molecule has 0 aromatic carbocycles. The number of hydrogen-bond acceptors (Lipinski definition) is 5. The summed E-state index contributed by atoms with van der Waals surface area (Å²) in [5.74, 6) is 0.735. The van der Waals surface area contributed by atoms with E-state index < -0.39 is 0 Å². The maximum absolute atomic E-state index is 6.18. The number of aryl methyl sites for hydroxylation is 1. The third-order valence-electron chi connectivity index (χ3n) is 3.15. The monoisotopic (exact) mass is 296 g/mol. The van der Waals surface area contributed by atoms with E-state index in [4.69, 9.17) is 11.6 Å². The molecule has 110 valence electrons. The van der Waals surface area contributed by atoms with Crippen molar-refractivity contribution < 1.29 is 0 Å². The van der Waals surface area contributed by atoms with E-state index in [1.807, 2.05) is 7.05 Å². The molecule has 0 spiro atoms. The average molecular weight is 297 g/mol. The molecular formula is C13H21ClN6. The summed E-state index contributed by atoms with van der Waals surface area (Å²) in [6, 6.07) is 0. The fourth-order valence-electron chi connectivity index (χ4n) is 2.08. The van der Waals surface area contributed by atoms with Gasteiger partial charge in [0.15, 0.2) is 5.65 Å². The van der Waals surface area contributed by atoms with Crippen LogP contribution in [0.3, 0.4) is 0 Å². The number of halogens is 1. The summed E-state index contributed by atoms with van der Waals surface area (Å²) in [5.41, 5.74) is 0.779. The standard InChI is InChI=1S/C13H21ClN6/c1-18(2)6-5-7-19(3)9-11-16-12(14)10-8-15-20(4)13(10)17-11/h8H,5-7,9H2,1-4H3. The minimum Gasteiger partial charge on any atom is -0.309 e. The van der Waals surface area contributed by atoms with Gasteiger partial charge in [-0.1, -0.05) is 11.6 Å². The maximum atomic E-state index is 6.18. The van der Waals surface area contributed by atoms with Gasteiger partial charge in [0.1, 0.15) is 11.0 Å². The predicted molar refractivity (Wildman–Crippen MR) is 80.8 cm³/mol. The Morgan fingerprint density at radius 1 is 1.20 bits per heavy atom. The van der Waals surface area contributed by atoms with Crippen molar-refractivity contribution in [2.45, 2.75) is 13.0 Å². The molecule has 0 radical (unpaired) electrons. The lowest BCUT2D eigenvalue weighted by Crippen LogP contribution is -2.24. The Balaban J connectivity index is 2.04. The van der Waals surface area contributed by atoms with Crippen molar-refractivity contribution in [3.8, 4) is 0 Å². The van der Waals surface area contributed by atoms with Crippen LogP contribution in [0, 0.1) is 0 Å². The van der Waals surface area contributed by atoms with Crippen molar-refractivity contribution >= 4 is 22.6 Å². The maximum Gasteiger partial charge on any atom is 0.162 e. The molecule has 0 aliphatic heterocycles. The van der Waals surface area contributed by atoms with E-state index in [2.05, 4.69) is 46.0 Å². The van der Waals surface area contributed by atoms with Crippen molar-refractivity contribution in [3.05, 3.63) is 17.2 Å². The van der Waals surface area contributed by atoms with Gasteiger partial charge in [0.05, 0.1) is 18.1 Å². The third-order valence-corrected chi connectivity index (χ3v) is 3.44. The molecule has 0 aliphatic rings. The van der Waals surface area contributed by atoms with Crippen LogP contribution < -0.4 is 0 Å². The molecule has 0 unspecified atom stereocenters. The van der Waals surface area contributed by atoms with Crippen LogP contribution in [0.4, 0.5) is 0 Å². The van der Waals surface area contributed by atoms with Crippen molar-refractivity contribution in [2.75, 3.05) is 34.2 Å². The second-order valence-electron chi connectivity index (χ2n) is 5.33. The molecular weight excluding hydrogens is 276 g/mol. The first-order valence-corrected chi connectivity index (χ1v) is 7.02. The molecule has 0 N–H and O–H groups in total. The molecule has 0 amide bonds. The average Bonchev–Trinajstić information content (AvgIpc) is 2.71. The Kier molecular flexibility index (Phi) is 4.91. The van der Waals surface area contributed by atoms with Crippen LogP contribution in [-0.2, 0) is 13.6 Å². The molecule has 7 heteroatoms. The molecule has 0 atom stereocenters. The van der Waals surface area contributed by atoms with Gasteiger partial charge in [0.2, 0.25) is 0 Å². The van der Waals surface area contributed by atoms with Crippen LogP contribution >= 0.6 is 11.6 Å². The Hall–Kier alpha value is -1.24. The highest BCUT2D eigenvalue weighted by atomic mass is 35.5. The molecule has 0 aliphatic carbocycles. The largest absolute Gasteiger partial charge is 0.309 e. The Morgan fingerprint density at radius 2 is 1.95 bits per heavy atom. The fourth-order valence-corrected chi connectivity index (χ4v) is 2.31. The summed E-state index contributed by atoms with van der Waals surface area (Å²) in [6.45, 7) is 2.77. The second kappa shape index (κ2) is 6.47. The van der Waals surface area contributed by atoms with Crippen LogP contribution in [-0.4, -0.2) is 63.8 Å². The molecule has 2 aromatic rings. The first-order valence-electron chi connectivity index (χ1n) is 6.64. The summed E-state index contributed by atoms with van der Waals surface area (Å²) in [4.78, 5) is 13.3. The zero-order valence-electron chi connectivity index (χ0n) is 12.5. The first kappa shape index (κ1) is 15.2. The summed E-state index contributed by atoms with van der Waals surface area (Å²) >= 11 is 6.18. The SMILES string of the molecule is CN(C)CCCN(C)Cc1nc(Cl)c2cnn(C)c2n1. The number of nitrogens with zero attached hydrogens (tertiary/aromatic N) is 6. The predicted octanol–water partition coefficient (Wildman–Crippen LogP) is 1.40. The lowest BCUT2D eigenvalue weighted by atomic mass is 10.3. The smallest absolute Gasteiger partial charge is 0.162 e. The second-order valence-corrected chi connectivity index (χ2v) is 5.69. The van der Waals surface area contributed by atoms with Crippen molar-refractivity contribution in [2.24, 2.45) is 7.05 Å². The van der Waals surface area contributed by atoms with E-state index in [-0.39, 0.29) is 0 Å². The van der Waals surface area contributed by atoms with Crippen molar-refractivity contribution in [3.63, 3.8) is 0 Å². The highest BCUT2D eigenvalue weighted by Crippen LogP contribution is 2.19. The normalized spacial score (nSPS) is 11.9. The van der Waals surface area contributed by atoms with E-state index in [9.17, 15) is 0 Å². The van der Waals surface area contributed by atoms with Crippen LogP contribution in [0.5, 0.6) is 0 Å². The van der Waals surface area contributed by atoms with Gasteiger partial charge >= 0.3 is 0 Å². The summed E-state index contributed by atoms with van der Waals surface area (Å²) in [7, 11) is 8.09. The Morgan fingerprint density at radius 3 is 2.65 bits per heavy atom. The van der Waals surface area contributed by atoms with Gasteiger partial charge in [-0.25, -0.2) is 9.97 Å². The molecule has 0 saturated heterocycles. The van der Waals surface area contributed by atoms with Gasteiger partial charge in [0.25, 0.3) is 0 Å². The topological polar surface area (TPSA) is 50.1 Å². The van der Waals surface area contributed by atoms with E-state index in [0.29, 0.717) is 11.7 Å². The van der Waals surface area contributed by atoms with Crippen molar-refractivity contribution in [1.82, 2.24) is 29.5 Å². The zero-order chi connectivity index (χ0) is 14.7. The van der Waals surface area contributed by atoms with E-state index in [1.165, 1.54) is 0 Å². The van der Waals surface area contributed by atoms with Crippen LogP contribution in [0.25, 0.3) is 11.0 Å². The van der Waals surface area contributed by atoms with Crippen LogP contribution in [0.1, 0.15) is 12.2 Å². The summed E-state index contributed by atoms with van der Waals surface area (Å²) < 4.78 is 1.72. The van der Waals surface area contributed by atoms with E-state index >= 15 is 0 Å². The molecule has 6 nitrogen and oxygen atoms in total. The van der Waals surface area contributed by atoms with E-state index in [1.54, 1.807) is 10.9 Å². The molecule has 0 bridgehead atoms. The molecule has 0 saturated carbocycles. The zero-order valence-corrected chi connectivity index (χ0v) is 13.2. The quantitative estimate of drug-likeness (QED) is 0.754. The molecule has 2 aromatic heterocycles. The highest BCUT2D eigenvalue weighted by Gasteiger charge is 2.11. The first-order chi connectivity index (χ1) is 9.47. The Labute approximate surface area is 124 Å². The van der Waals surface area contributed by atoms with Gasteiger partial charge in [-0.2, -0.15) is 5.10 Å². The number of aromatic nitrogens is 4. The summed E-state index contributed by atoms with van der Waals surface area (Å²) in [5, 5.41) is 5.43. The Bertz CT molecular complexity index is 579. The number of rotatable bonds is 6. The van der Waals surface area contributed by atoms with E-state index in [0.717, 1.165) is 36.4 Å². The van der Waals surface area contributed by atoms with Crippen molar-refractivity contribution in [1.29, 1.82) is 0 Å². The van der Waals surface area contributed by atoms with Gasteiger partial charge < -0.3 is 4.90 Å². The van der Waals surface area contributed by atoms with Crippen LogP contribution in [0.15, 0.2) is 6.20 Å². The third kappa shape index (κ3) is 3.65. The summed E-state index contributed by atoms with van der Waals surface area (Å²) in [6.07, 6.45) is 2.81. The molecule has 0 fully saturated rings. The molecule has 20 heavy (non-hydrogen) atoms. The molecule has 2 rings (SSSR count). The minimum absolute atomic E-state index is 0.472.